The van der Waals surface area contributed by atoms with Crippen LogP contribution in [0.25, 0.3) is 0 Å². The number of rotatable bonds is 4. The van der Waals surface area contributed by atoms with Crippen LogP contribution in [-0.2, 0) is 6.54 Å². The Morgan fingerprint density at radius 2 is 1.86 bits per heavy atom. The molecule has 2 aromatic rings. The van der Waals surface area contributed by atoms with Crippen molar-refractivity contribution in [3.05, 3.63) is 52.7 Å². The van der Waals surface area contributed by atoms with Gasteiger partial charge < -0.3 is 25.3 Å². The summed E-state index contributed by atoms with van der Waals surface area (Å²) in [7, 11) is 1.42. The highest BCUT2D eigenvalue weighted by Gasteiger charge is 2.08. The second kappa shape index (κ2) is 6.04. The summed E-state index contributed by atoms with van der Waals surface area (Å²) in [5.74, 6) is 0.0430. The number of hydrogen-bond donors (Lipinski definition) is 3. The normalized spacial score (nSPS) is 11.4. The van der Waals surface area contributed by atoms with Crippen molar-refractivity contribution in [2.45, 2.75) is 6.54 Å². The van der Waals surface area contributed by atoms with Gasteiger partial charge in [0.05, 0.1) is 12.7 Å². The molecule has 2 rings (SSSR count). The van der Waals surface area contributed by atoms with Gasteiger partial charge in [0.15, 0.2) is 24.3 Å². The van der Waals surface area contributed by atoms with Gasteiger partial charge in [0.2, 0.25) is 0 Å². The molecule has 0 aliphatic carbocycles. The maximum atomic E-state index is 11.9. The number of benzene rings is 2. The Labute approximate surface area is 121 Å². The van der Waals surface area contributed by atoms with Gasteiger partial charge in [-0.25, -0.2) is 4.74 Å². The number of ether oxygens (including phenoxy) is 1. The van der Waals surface area contributed by atoms with Gasteiger partial charge in [-0.15, -0.1) is 0 Å². The molecule has 110 valence electrons. The standard InChI is InChI=1S/C15H15NO5/c1-21-15-6-10(2-5-13(15)18)8-16(20)9-11-3-4-12(17)7-14(11)19/h2-8,17-19H,9H2,1H3. The van der Waals surface area contributed by atoms with E-state index < -0.39 is 0 Å². The van der Waals surface area contributed by atoms with Gasteiger partial charge in [0.25, 0.3) is 0 Å². The Kier molecular flexibility index (Phi) is 4.18. The van der Waals surface area contributed by atoms with E-state index in [4.69, 9.17) is 4.74 Å². The molecule has 0 aliphatic heterocycles. The summed E-state index contributed by atoms with van der Waals surface area (Å²) < 4.78 is 5.60. The van der Waals surface area contributed by atoms with Gasteiger partial charge >= 0.3 is 0 Å². The Bertz CT molecular complexity index is 682. The van der Waals surface area contributed by atoms with E-state index in [2.05, 4.69) is 0 Å². The first kappa shape index (κ1) is 14.5. The Hall–Kier alpha value is -2.89. The van der Waals surface area contributed by atoms with Crippen LogP contribution in [0.1, 0.15) is 11.1 Å². The highest BCUT2D eigenvalue weighted by molar-refractivity contribution is 5.77. The first-order chi connectivity index (χ1) is 9.99. The maximum absolute atomic E-state index is 11.9. The minimum absolute atomic E-state index is 0.0109. The Morgan fingerprint density at radius 1 is 1.10 bits per heavy atom. The predicted molar refractivity (Wildman–Crippen MR) is 76.9 cm³/mol. The van der Waals surface area contributed by atoms with E-state index in [0.29, 0.717) is 15.9 Å². The average Bonchev–Trinajstić information content (AvgIpc) is 2.44. The molecule has 3 N–H and O–H groups in total. The van der Waals surface area contributed by atoms with Crippen LogP contribution >= 0.6 is 0 Å². The molecule has 6 heteroatoms. The second-order valence-electron chi connectivity index (χ2n) is 4.45. The van der Waals surface area contributed by atoms with Gasteiger partial charge in [-0.2, -0.15) is 0 Å². The highest BCUT2D eigenvalue weighted by Crippen LogP contribution is 2.26. The lowest BCUT2D eigenvalue weighted by Gasteiger charge is -2.07. The van der Waals surface area contributed by atoms with Crippen LogP contribution in [-0.4, -0.2) is 33.4 Å². The van der Waals surface area contributed by atoms with Crippen LogP contribution in [0, 0.1) is 5.21 Å². The molecule has 2 aromatic carbocycles. The fourth-order valence-electron chi connectivity index (χ4n) is 1.84. The second-order valence-corrected chi connectivity index (χ2v) is 4.45. The topological polar surface area (TPSA) is 96.0 Å². The van der Waals surface area contributed by atoms with Crippen molar-refractivity contribution in [1.82, 2.24) is 0 Å². The van der Waals surface area contributed by atoms with Crippen LogP contribution < -0.4 is 4.74 Å². The number of hydrogen-bond acceptors (Lipinski definition) is 5. The summed E-state index contributed by atoms with van der Waals surface area (Å²) in [5, 5.41) is 40.2. The quantitative estimate of drug-likeness (QED) is 0.346. The van der Waals surface area contributed by atoms with E-state index in [1.807, 2.05) is 0 Å². The summed E-state index contributed by atoms with van der Waals surface area (Å²) in [6.45, 7) is -0.0741. The van der Waals surface area contributed by atoms with Crippen LogP contribution in [0.2, 0.25) is 0 Å². The molecule has 0 unspecified atom stereocenters. The third-order valence-corrected chi connectivity index (χ3v) is 2.89. The van der Waals surface area contributed by atoms with Gasteiger partial charge in [-0.05, 0) is 30.3 Å². The zero-order valence-corrected chi connectivity index (χ0v) is 11.4. The van der Waals surface area contributed by atoms with Crippen molar-refractivity contribution in [2.75, 3.05) is 7.11 Å². The summed E-state index contributed by atoms with van der Waals surface area (Å²) in [4.78, 5) is 0. The Balaban J connectivity index is 2.21. The lowest BCUT2D eigenvalue weighted by Crippen LogP contribution is -2.06. The molecular weight excluding hydrogens is 274 g/mol. The number of hydroxylamine groups is 1. The van der Waals surface area contributed by atoms with E-state index in [1.165, 1.54) is 43.7 Å². The molecule has 0 heterocycles. The molecular formula is C15H15NO5. The van der Waals surface area contributed by atoms with Gasteiger partial charge in [-0.1, -0.05) is 0 Å². The van der Waals surface area contributed by atoms with Gasteiger partial charge in [0.1, 0.15) is 11.5 Å². The number of phenols is 3. The third-order valence-electron chi connectivity index (χ3n) is 2.89. The summed E-state index contributed by atoms with van der Waals surface area (Å²) >= 11 is 0. The fraction of sp³-hybridized carbons (Fsp3) is 0.133. The van der Waals surface area contributed by atoms with Crippen LogP contribution in [0.4, 0.5) is 0 Å². The van der Waals surface area contributed by atoms with Crippen molar-refractivity contribution >= 4 is 6.21 Å². The number of phenolic OH excluding ortho intramolecular Hbond substituents is 3. The van der Waals surface area contributed by atoms with E-state index >= 15 is 0 Å². The van der Waals surface area contributed by atoms with E-state index in [-0.39, 0.29) is 29.5 Å². The van der Waals surface area contributed by atoms with E-state index in [1.54, 1.807) is 6.07 Å². The lowest BCUT2D eigenvalue weighted by atomic mass is 10.2. The molecule has 0 aliphatic rings. The molecule has 0 amide bonds. The largest absolute Gasteiger partial charge is 0.624 e. The Morgan fingerprint density at radius 3 is 2.52 bits per heavy atom. The SMILES string of the molecule is COc1cc(C=[N+]([O-])Cc2ccc(O)cc2O)ccc1O. The van der Waals surface area contributed by atoms with Crippen molar-refractivity contribution in [1.29, 1.82) is 0 Å². The molecule has 0 fully saturated rings. The highest BCUT2D eigenvalue weighted by atomic mass is 16.5. The first-order valence-electron chi connectivity index (χ1n) is 6.16. The smallest absolute Gasteiger partial charge is 0.182 e. The van der Waals surface area contributed by atoms with Crippen LogP contribution in [0.5, 0.6) is 23.0 Å². The molecule has 0 atom stereocenters. The monoisotopic (exact) mass is 289 g/mol. The third kappa shape index (κ3) is 3.56. The number of aromatic hydroxyl groups is 3. The summed E-state index contributed by atoms with van der Waals surface area (Å²) in [6, 6.07) is 8.56. The minimum atomic E-state index is -0.146. The van der Waals surface area contributed by atoms with Crippen molar-refractivity contribution < 1.29 is 24.8 Å². The van der Waals surface area contributed by atoms with Crippen molar-refractivity contribution in [2.24, 2.45) is 0 Å². The molecule has 0 saturated heterocycles. The molecule has 0 saturated carbocycles. The lowest BCUT2D eigenvalue weighted by molar-refractivity contribution is -0.469. The molecule has 21 heavy (non-hydrogen) atoms. The maximum Gasteiger partial charge on any atom is 0.182 e. The van der Waals surface area contributed by atoms with Crippen molar-refractivity contribution in [3.63, 3.8) is 0 Å². The van der Waals surface area contributed by atoms with Crippen molar-refractivity contribution in [3.8, 4) is 23.0 Å². The van der Waals surface area contributed by atoms with Crippen LogP contribution in [0.3, 0.4) is 0 Å². The number of methoxy groups -OCH3 is 1. The van der Waals surface area contributed by atoms with Gasteiger partial charge in [0, 0.05) is 11.6 Å². The average molecular weight is 289 g/mol. The zero-order chi connectivity index (χ0) is 15.4. The van der Waals surface area contributed by atoms with Crippen LogP contribution in [0.15, 0.2) is 36.4 Å². The van der Waals surface area contributed by atoms with E-state index in [0.717, 1.165) is 0 Å². The number of nitrogens with zero attached hydrogens (tertiary/aromatic N) is 1. The minimum Gasteiger partial charge on any atom is -0.624 e. The summed E-state index contributed by atoms with van der Waals surface area (Å²) in [5.41, 5.74) is 0.947. The zero-order valence-electron chi connectivity index (χ0n) is 11.4. The van der Waals surface area contributed by atoms with E-state index in [9.17, 15) is 20.5 Å². The molecule has 0 radical (unpaired) electrons. The van der Waals surface area contributed by atoms with Gasteiger partial charge in [-0.3, -0.25) is 0 Å². The first-order valence-corrected chi connectivity index (χ1v) is 6.16. The summed E-state index contributed by atoms with van der Waals surface area (Å²) in [6.07, 6.45) is 1.31. The predicted octanol–water partition coefficient (Wildman–Crippen LogP) is 1.94. The molecule has 0 spiro atoms. The fourth-order valence-corrected chi connectivity index (χ4v) is 1.84. The molecule has 0 bridgehead atoms. The molecule has 6 nitrogen and oxygen atoms in total. The molecule has 0 aromatic heterocycles.